The van der Waals surface area contributed by atoms with E-state index in [0.29, 0.717) is 16.2 Å². The molecule has 0 spiro atoms. The molecule has 46 heavy (non-hydrogen) atoms. The third-order valence-corrected chi connectivity index (χ3v) is 9.89. The van der Waals surface area contributed by atoms with E-state index in [1.807, 2.05) is 68.4 Å². The van der Waals surface area contributed by atoms with Gasteiger partial charge in [0.2, 0.25) is 0 Å². The topological polar surface area (TPSA) is 102 Å². The van der Waals surface area contributed by atoms with Gasteiger partial charge in [0.1, 0.15) is 0 Å². The lowest BCUT2D eigenvalue weighted by Gasteiger charge is -2.20. The normalized spacial score (nSPS) is 12.2. The molecule has 6 nitrogen and oxygen atoms in total. The maximum atomic E-state index is 11.6. The summed E-state index contributed by atoms with van der Waals surface area (Å²) >= 11 is 0. The molecule has 244 valence electrons. The van der Waals surface area contributed by atoms with Gasteiger partial charge in [0.05, 0.1) is 32.7 Å². The number of unbranched alkanes of at least 4 members (excludes halogenated alkanes) is 5. The maximum Gasteiger partial charge on any atom is 0.175 e. The predicted octanol–water partition coefficient (Wildman–Crippen LogP) is 9.53. The van der Waals surface area contributed by atoms with Crippen molar-refractivity contribution in [1.29, 1.82) is 5.41 Å². The van der Waals surface area contributed by atoms with Crippen molar-refractivity contribution in [3.63, 3.8) is 0 Å². The Morgan fingerprint density at radius 2 is 1.43 bits per heavy atom. The van der Waals surface area contributed by atoms with Crippen molar-refractivity contribution in [2.75, 3.05) is 12.0 Å². The highest BCUT2D eigenvalue weighted by atomic mass is 32.2. The highest BCUT2D eigenvalue weighted by Gasteiger charge is 2.16. The van der Waals surface area contributed by atoms with Crippen LogP contribution < -0.4 is 11.1 Å². The minimum Gasteiger partial charge on any atom is -0.398 e. The number of anilines is 1. The first-order chi connectivity index (χ1) is 22.0. The quantitative estimate of drug-likeness (QED) is 0.0807. The fourth-order valence-electron chi connectivity index (χ4n) is 5.95. The molecule has 0 saturated carbocycles. The molecule has 1 unspecified atom stereocenters. The Bertz CT molecular complexity index is 1860. The summed E-state index contributed by atoms with van der Waals surface area (Å²) in [4.78, 5) is 5.23. The van der Waals surface area contributed by atoms with E-state index in [-0.39, 0.29) is 0 Å². The Morgan fingerprint density at radius 3 is 2.07 bits per heavy atom. The van der Waals surface area contributed by atoms with E-state index in [2.05, 4.69) is 30.5 Å². The molecule has 1 heterocycles. The van der Waals surface area contributed by atoms with Gasteiger partial charge in [-0.15, -0.1) is 0 Å². The van der Waals surface area contributed by atoms with Crippen molar-refractivity contribution in [3.05, 3.63) is 101 Å². The second-order valence-electron chi connectivity index (χ2n) is 12.5. The molecular formula is C39H50N4O2S. The molecule has 0 radical (unpaired) electrons. The van der Waals surface area contributed by atoms with Crippen LogP contribution in [0.25, 0.3) is 28.1 Å². The van der Waals surface area contributed by atoms with Gasteiger partial charge in [-0.05, 0) is 97.8 Å². The molecule has 3 N–H and O–H groups in total. The molecule has 1 atom stereocenters. The van der Waals surface area contributed by atoms with Gasteiger partial charge >= 0.3 is 0 Å². The van der Waals surface area contributed by atoms with E-state index in [4.69, 9.17) is 16.1 Å². The number of sulfone groups is 1. The van der Waals surface area contributed by atoms with Crippen LogP contribution in [0.15, 0.2) is 83.8 Å². The number of rotatable bonds is 12. The van der Waals surface area contributed by atoms with Crippen LogP contribution in [0.1, 0.15) is 94.2 Å². The first-order valence-electron chi connectivity index (χ1n) is 16.7. The van der Waals surface area contributed by atoms with Gasteiger partial charge in [0, 0.05) is 17.6 Å². The summed E-state index contributed by atoms with van der Waals surface area (Å²) in [5.41, 5.74) is 14.8. The number of aromatic nitrogens is 2. The summed E-state index contributed by atoms with van der Waals surface area (Å²) in [7, 11) is -3.09. The number of hydrogen-bond donors (Lipinski definition) is 2. The summed E-state index contributed by atoms with van der Waals surface area (Å²) in [6, 6.07) is 25.5. The minimum atomic E-state index is -3.09. The summed E-state index contributed by atoms with van der Waals surface area (Å²) in [6.07, 6.45) is 12.7. The fraction of sp³-hybridized carbons (Fsp3) is 0.385. The first kappa shape index (κ1) is 34.9. The van der Waals surface area contributed by atoms with Crippen molar-refractivity contribution >= 4 is 26.6 Å². The molecule has 5 rings (SSSR count). The largest absolute Gasteiger partial charge is 0.398 e. The summed E-state index contributed by atoms with van der Waals surface area (Å²) in [6.45, 7) is 8.40. The summed E-state index contributed by atoms with van der Waals surface area (Å²) in [5, 5.41) is 8.69. The number of nitrogen functional groups attached to an aromatic ring is 1. The lowest BCUT2D eigenvalue weighted by molar-refractivity contribution is 0.501. The number of fused-ring (bicyclic) bond motifs is 2. The molecule has 1 aliphatic carbocycles. The van der Waals surface area contributed by atoms with E-state index < -0.39 is 9.84 Å². The number of benzene rings is 4. The van der Waals surface area contributed by atoms with E-state index in [9.17, 15) is 8.42 Å². The number of hydrogen-bond acceptors (Lipinski definition) is 5. The number of nitrogens with two attached hydrogens (primary N) is 1. The zero-order valence-corrected chi connectivity index (χ0v) is 29.0. The molecule has 3 aromatic carbocycles. The molecular weight excluding hydrogens is 589 g/mol. The van der Waals surface area contributed by atoms with Crippen molar-refractivity contribution in [1.82, 2.24) is 9.55 Å². The van der Waals surface area contributed by atoms with E-state index in [0.717, 1.165) is 44.9 Å². The average molecular weight is 639 g/mol. The maximum absolute atomic E-state index is 11.6. The van der Waals surface area contributed by atoms with Gasteiger partial charge in [-0.1, -0.05) is 89.1 Å². The van der Waals surface area contributed by atoms with E-state index in [1.165, 1.54) is 69.6 Å². The van der Waals surface area contributed by atoms with Gasteiger partial charge in [0.25, 0.3) is 0 Å². The highest BCUT2D eigenvalue weighted by Crippen LogP contribution is 2.31. The predicted molar refractivity (Wildman–Crippen MR) is 193 cm³/mol. The average Bonchev–Trinajstić information content (AvgIpc) is 3.03. The Labute approximate surface area is 275 Å². The van der Waals surface area contributed by atoms with Crippen molar-refractivity contribution in [2.24, 2.45) is 0 Å². The summed E-state index contributed by atoms with van der Waals surface area (Å²) in [5.74, 6) is 0.581. The number of para-hydroxylation sites is 1. The number of nitrogens with zero attached hydrogens (tertiary/aromatic N) is 2. The molecule has 0 amide bonds. The fourth-order valence-corrected chi connectivity index (χ4v) is 6.58. The van der Waals surface area contributed by atoms with E-state index >= 15 is 0 Å². The van der Waals surface area contributed by atoms with Crippen LogP contribution in [0.3, 0.4) is 0 Å². The van der Waals surface area contributed by atoms with Crippen LogP contribution in [0.4, 0.5) is 5.69 Å². The molecule has 3 aromatic rings. The second-order valence-corrected chi connectivity index (χ2v) is 14.5. The van der Waals surface area contributed by atoms with Crippen LogP contribution >= 0.6 is 0 Å². The number of nitrogens with one attached hydrogen (secondary N) is 1. The highest BCUT2D eigenvalue weighted by molar-refractivity contribution is 7.90. The number of aryl methyl sites for hydroxylation is 2. The summed E-state index contributed by atoms with van der Waals surface area (Å²) < 4.78 is 25.3. The van der Waals surface area contributed by atoms with Crippen molar-refractivity contribution < 1.29 is 8.42 Å². The molecule has 2 aliphatic rings. The first-order valence-corrected chi connectivity index (χ1v) is 18.6. The lowest BCUT2D eigenvalue weighted by atomic mass is 9.88. The van der Waals surface area contributed by atoms with Gasteiger partial charge in [-0.3, -0.25) is 0 Å². The van der Waals surface area contributed by atoms with Gasteiger partial charge in [-0.2, -0.15) is 0 Å². The van der Waals surface area contributed by atoms with Crippen LogP contribution in [-0.4, -0.2) is 24.2 Å². The lowest BCUT2D eigenvalue weighted by Crippen LogP contribution is -2.12. The molecule has 0 fully saturated rings. The molecule has 1 aliphatic heterocycles. The van der Waals surface area contributed by atoms with Crippen LogP contribution in [0, 0.1) is 19.3 Å². The third kappa shape index (κ3) is 8.85. The Morgan fingerprint density at radius 1 is 0.804 bits per heavy atom. The minimum absolute atomic E-state index is 0.426. The van der Waals surface area contributed by atoms with Crippen LogP contribution in [0.2, 0.25) is 0 Å². The standard InChI is InChI=1S/C20H18N4.C19H32O2S/c1-12-8-17-19(10-15(12)21)24(14-6-4-3-5-7-14)20-11-16(22)13(2)9-18(20)23-17;1-4-6-8-10-12-17(11-9-7-5-2)18-13-15-19(16-14-18)22(3,20)21/h3-11,21H,22H2,1-2H3;13-17H,4-12H2,1-3H3. The Kier molecular flexibility index (Phi) is 12.2. The smallest absolute Gasteiger partial charge is 0.175 e. The monoisotopic (exact) mass is 638 g/mol. The molecule has 7 heteroatoms. The van der Waals surface area contributed by atoms with E-state index in [1.54, 1.807) is 12.1 Å². The van der Waals surface area contributed by atoms with Crippen LogP contribution in [-0.2, 0) is 9.84 Å². The van der Waals surface area contributed by atoms with Gasteiger partial charge in [-0.25, -0.2) is 13.4 Å². The zero-order chi connectivity index (χ0) is 33.3. The Hall–Kier alpha value is -3.97. The zero-order valence-electron chi connectivity index (χ0n) is 28.1. The molecule has 0 aromatic heterocycles. The molecule has 0 bridgehead atoms. The molecule has 0 saturated heterocycles. The Balaban J connectivity index is 0.000000210. The van der Waals surface area contributed by atoms with Crippen molar-refractivity contribution in [3.8, 4) is 17.1 Å². The van der Waals surface area contributed by atoms with Crippen LogP contribution in [0.5, 0.6) is 0 Å². The SMILES string of the molecule is CCCCCCC(CCCCC)c1ccc(S(C)(=O)=O)cc1.Cc1cc2nc3cc(C)c(=N)cc-3n(-c3ccccc3)c2cc1N. The van der Waals surface area contributed by atoms with Gasteiger partial charge < -0.3 is 15.7 Å². The second kappa shape index (κ2) is 16.0. The van der Waals surface area contributed by atoms with Crippen molar-refractivity contribution in [2.45, 2.75) is 96.3 Å². The third-order valence-electron chi connectivity index (χ3n) is 8.76. The van der Waals surface area contributed by atoms with Gasteiger partial charge in [0.15, 0.2) is 9.84 Å².